The minimum Gasteiger partial charge on any atom is -0.364 e. The van der Waals surface area contributed by atoms with Gasteiger partial charge in [-0.1, -0.05) is 5.16 Å². The summed E-state index contributed by atoms with van der Waals surface area (Å²) in [7, 11) is 0. The second-order valence-corrected chi connectivity index (χ2v) is 3.09. The van der Waals surface area contributed by atoms with Gasteiger partial charge >= 0.3 is 0 Å². The summed E-state index contributed by atoms with van der Waals surface area (Å²) in [6.07, 6.45) is 3.65. The number of carbonyl (C=O) groups is 1. The van der Waals surface area contributed by atoms with E-state index in [0.29, 0.717) is 11.7 Å². The summed E-state index contributed by atoms with van der Waals surface area (Å²) in [6.45, 7) is 1.80. The van der Waals surface area contributed by atoms with E-state index in [0.717, 1.165) is 18.4 Å². The van der Waals surface area contributed by atoms with Gasteiger partial charge < -0.3 is 9.84 Å². The number of amides is 1. The van der Waals surface area contributed by atoms with Crippen LogP contribution in [0.5, 0.6) is 0 Å². The minimum absolute atomic E-state index is 0.122. The average Bonchev–Trinajstić information content (AvgIpc) is 2.72. The van der Waals surface area contributed by atoms with Gasteiger partial charge in [0.25, 0.3) is 5.91 Å². The maximum absolute atomic E-state index is 11.3. The first-order valence-electron chi connectivity index (χ1n) is 3.99. The molecule has 4 heteroatoms. The fourth-order valence-electron chi connectivity index (χ4n) is 0.988. The first kappa shape index (κ1) is 7.34. The van der Waals surface area contributed by atoms with Crippen molar-refractivity contribution in [1.82, 2.24) is 10.5 Å². The SMILES string of the molecule is Cc1conc1C(=O)NC1CC1. The molecule has 0 bridgehead atoms. The van der Waals surface area contributed by atoms with Crippen LogP contribution in [0.25, 0.3) is 0 Å². The van der Waals surface area contributed by atoms with E-state index in [-0.39, 0.29) is 5.91 Å². The second kappa shape index (κ2) is 2.62. The Kier molecular flexibility index (Phi) is 1.60. The lowest BCUT2D eigenvalue weighted by Gasteiger charge is -1.98. The third-order valence-electron chi connectivity index (χ3n) is 1.87. The quantitative estimate of drug-likeness (QED) is 0.709. The fraction of sp³-hybridized carbons (Fsp3) is 0.500. The lowest BCUT2D eigenvalue weighted by molar-refractivity contribution is 0.0941. The molecule has 1 aromatic heterocycles. The Morgan fingerprint density at radius 3 is 3.00 bits per heavy atom. The largest absolute Gasteiger partial charge is 0.364 e. The van der Waals surface area contributed by atoms with Crippen molar-refractivity contribution < 1.29 is 9.32 Å². The van der Waals surface area contributed by atoms with E-state index < -0.39 is 0 Å². The number of nitrogens with zero attached hydrogens (tertiary/aromatic N) is 1. The molecule has 0 radical (unpaired) electrons. The van der Waals surface area contributed by atoms with E-state index in [9.17, 15) is 4.79 Å². The van der Waals surface area contributed by atoms with Crippen molar-refractivity contribution in [3.63, 3.8) is 0 Å². The molecule has 0 saturated heterocycles. The van der Waals surface area contributed by atoms with Crippen molar-refractivity contribution in [3.05, 3.63) is 17.5 Å². The molecule has 1 aromatic rings. The van der Waals surface area contributed by atoms with Crippen LogP contribution < -0.4 is 5.32 Å². The molecule has 1 fully saturated rings. The van der Waals surface area contributed by atoms with Crippen LogP contribution in [0.1, 0.15) is 28.9 Å². The molecule has 2 rings (SSSR count). The third kappa shape index (κ3) is 1.32. The molecule has 0 unspecified atom stereocenters. The highest BCUT2D eigenvalue weighted by molar-refractivity contribution is 5.93. The summed E-state index contributed by atoms with van der Waals surface area (Å²) in [5.41, 5.74) is 1.19. The highest BCUT2D eigenvalue weighted by Crippen LogP contribution is 2.19. The van der Waals surface area contributed by atoms with Crippen LogP contribution in [-0.4, -0.2) is 17.1 Å². The van der Waals surface area contributed by atoms with Gasteiger partial charge in [0, 0.05) is 11.6 Å². The predicted octanol–water partition coefficient (Wildman–Crippen LogP) is 0.875. The van der Waals surface area contributed by atoms with Gasteiger partial charge in [-0.15, -0.1) is 0 Å². The van der Waals surface area contributed by atoms with Crippen LogP contribution in [0.15, 0.2) is 10.8 Å². The lowest BCUT2D eigenvalue weighted by atomic mass is 10.3. The van der Waals surface area contributed by atoms with Crippen molar-refractivity contribution in [2.24, 2.45) is 0 Å². The molecule has 1 amide bonds. The molecule has 1 saturated carbocycles. The molecule has 1 N–H and O–H groups in total. The molecule has 0 atom stereocenters. The van der Waals surface area contributed by atoms with Crippen LogP contribution in [0.3, 0.4) is 0 Å². The highest BCUT2D eigenvalue weighted by atomic mass is 16.5. The molecular formula is C8H10N2O2. The molecule has 1 heterocycles. The Morgan fingerprint density at radius 2 is 2.50 bits per heavy atom. The Bertz CT molecular complexity index is 302. The van der Waals surface area contributed by atoms with E-state index in [4.69, 9.17) is 0 Å². The Hall–Kier alpha value is -1.32. The fourth-order valence-corrected chi connectivity index (χ4v) is 0.988. The molecule has 1 aliphatic carbocycles. The summed E-state index contributed by atoms with van der Waals surface area (Å²) < 4.78 is 4.66. The van der Waals surface area contributed by atoms with Crippen LogP contribution in [-0.2, 0) is 0 Å². The zero-order valence-corrected chi connectivity index (χ0v) is 6.83. The second-order valence-electron chi connectivity index (χ2n) is 3.09. The summed E-state index contributed by atoms with van der Waals surface area (Å²) in [6, 6.07) is 0.369. The Morgan fingerprint density at radius 1 is 1.75 bits per heavy atom. The monoisotopic (exact) mass is 166 g/mol. The number of aryl methyl sites for hydroxylation is 1. The summed E-state index contributed by atoms with van der Waals surface area (Å²) >= 11 is 0. The van der Waals surface area contributed by atoms with E-state index >= 15 is 0 Å². The molecular weight excluding hydrogens is 156 g/mol. The van der Waals surface area contributed by atoms with E-state index in [1.165, 1.54) is 6.26 Å². The zero-order valence-electron chi connectivity index (χ0n) is 6.83. The van der Waals surface area contributed by atoms with Crippen molar-refractivity contribution in [2.45, 2.75) is 25.8 Å². The standard InChI is InChI=1S/C8H10N2O2/c1-5-4-12-10-7(5)8(11)9-6-2-3-6/h4,6H,2-3H2,1H3,(H,9,11). The van der Waals surface area contributed by atoms with Gasteiger partial charge in [-0.25, -0.2) is 0 Å². The third-order valence-corrected chi connectivity index (χ3v) is 1.87. The molecule has 4 nitrogen and oxygen atoms in total. The van der Waals surface area contributed by atoms with E-state index in [1.54, 1.807) is 6.92 Å². The van der Waals surface area contributed by atoms with Crippen LogP contribution >= 0.6 is 0 Å². The lowest BCUT2D eigenvalue weighted by Crippen LogP contribution is -2.26. The number of carbonyl (C=O) groups excluding carboxylic acids is 1. The van der Waals surface area contributed by atoms with Gasteiger partial charge in [0.1, 0.15) is 6.26 Å². The van der Waals surface area contributed by atoms with Gasteiger partial charge in [0.15, 0.2) is 5.69 Å². The maximum atomic E-state index is 11.3. The molecule has 64 valence electrons. The van der Waals surface area contributed by atoms with Gasteiger partial charge in [0.05, 0.1) is 0 Å². The summed E-state index contributed by atoms with van der Waals surface area (Å²) in [5.74, 6) is -0.122. The van der Waals surface area contributed by atoms with Gasteiger partial charge in [-0.2, -0.15) is 0 Å². The van der Waals surface area contributed by atoms with E-state index in [1.807, 2.05) is 0 Å². The number of aromatic nitrogens is 1. The number of hydrogen-bond donors (Lipinski definition) is 1. The number of hydrogen-bond acceptors (Lipinski definition) is 3. The van der Waals surface area contributed by atoms with Crippen molar-refractivity contribution >= 4 is 5.91 Å². The normalized spacial score (nSPS) is 16.1. The smallest absolute Gasteiger partial charge is 0.273 e. The summed E-state index contributed by atoms with van der Waals surface area (Å²) in [4.78, 5) is 11.3. The Balaban J connectivity index is 2.07. The van der Waals surface area contributed by atoms with Gasteiger partial charge in [-0.3, -0.25) is 4.79 Å². The molecule has 0 aliphatic heterocycles. The first-order valence-corrected chi connectivity index (χ1v) is 3.99. The zero-order chi connectivity index (χ0) is 8.55. The van der Waals surface area contributed by atoms with Crippen molar-refractivity contribution in [2.75, 3.05) is 0 Å². The summed E-state index contributed by atoms with van der Waals surface area (Å²) in [5, 5.41) is 6.45. The molecule has 0 aromatic carbocycles. The highest BCUT2D eigenvalue weighted by Gasteiger charge is 2.25. The van der Waals surface area contributed by atoms with E-state index in [2.05, 4.69) is 15.0 Å². The maximum Gasteiger partial charge on any atom is 0.273 e. The van der Waals surface area contributed by atoms with Crippen molar-refractivity contribution in [1.29, 1.82) is 0 Å². The van der Waals surface area contributed by atoms with Crippen molar-refractivity contribution in [3.8, 4) is 0 Å². The van der Waals surface area contributed by atoms with Gasteiger partial charge in [-0.05, 0) is 19.8 Å². The first-order chi connectivity index (χ1) is 5.77. The Labute approximate surface area is 69.9 Å². The average molecular weight is 166 g/mol. The van der Waals surface area contributed by atoms with Crippen LogP contribution in [0.4, 0.5) is 0 Å². The van der Waals surface area contributed by atoms with Crippen LogP contribution in [0, 0.1) is 6.92 Å². The molecule has 12 heavy (non-hydrogen) atoms. The number of nitrogens with one attached hydrogen (secondary N) is 1. The topological polar surface area (TPSA) is 55.1 Å². The van der Waals surface area contributed by atoms with Gasteiger partial charge in [0.2, 0.25) is 0 Å². The number of rotatable bonds is 2. The predicted molar refractivity (Wildman–Crippen MR) is 41.7 cm³/mol. The molecule has 1 aliphatic rings. The van der Waals surface area contributed by atoms with Crippen LogP contribution in [0.2, 0.25) is 0 Å². The minimum atomic E-state index is -0.122. The molecule has 0 spiro atoms.